The van der Waals surface area contributed by atoms with Crippen LogP contribution in [0.2, 0.25) is 0 Å². The fraction of sp³-hybridized carbons (Fsp3) is 0.300. The molecule has 0 saturated heterocycles. The summed E-state index contributed by atoms with van der Waals surface area (Å²) in [7, 11) is 3.61. The first-order valence-electron chi connectivity index (χ1n) is 4.31. The molecule has 76 valence electrons. The maximum Gasteiger partial charge on any atom is 0.191 e. The van der Waals surface area contributed by atoms with E-state index in [1.165, 1.54) is 5.56 Å². The second-order valence-corrected chi connectivity index (χ2v) is 3.98. The number of nitrogens with zero attached hydrogens (tertiary/aromatic N) is 2. The van der Waals surface area contributed by atoms with Crippen molar-refractivity contribution in [1.29, 1.82) is 0 Å². The van der Waals surface area contributed by atoms with Crippen LogP contribution in [-0.4, -0.2) is 25.0 Å². The van der Waals surface area contributed by atoms with Gasteiger partial charge in [-0.05, 0) is 17.7 Å². The van der Waals surface area contributed by atoms with Gasteiger partial charge in [0.1, 0.15) is 0 Å². The van der Waals surface area contributed by atoms with Gasteiger partial charge in [0.05, 0.1) is 0 Å². The zero-order valence-corrected chi connectivity index (χ0v) is 9.95. The summed E-state index contributed by atoms with van der Waals surface area (Å²) in [6, 6.07) is 8.14. The van der Waals surface area contributed by atoms with Gasteiger partial charge in [-0.25, -0.2) is 0 Å². The average Bonchev–Trinajstić information content (AvgIpc) is 2.16. The lowest BCUT2D eigenvalue weighted by molar-refractivity contribution is 0.494. The number of rotatable bonds is 2. The predicted octanol–water partition coefficient (Wildman–Crippen LogP) is 1.83. The monoisotopic (exact) mass is 255 g/mol. The molecule has 1 aromatic rings. The number of hydrogen-bond donors (Lipinski definition) is 1. The molecule has 2 N–H and O–H groups in total. The van der Waals surface area contributed by atoms with Gasteiger partial charge < -0.3 is 10.6 Å². The highest BCUT2D eigenvalue weighted by atomic mass is 79.9. The minimum atomic E-state index is 0.546. The first-order valence-corrected chi connectivity index (χ1v) is 5.10. The fourth-order valence-electron chi connectivity index (χ4n) is 1.16. The van der Waals surface area contributed by atoms with Crippen LogP contribution in [0.5, 0.6) is 0 Å². The molecule has 0 spiro atoms. The van der Waals surface area contributed by atoms with Crippen molar-refractivity contribution in [2.24, 2.45) is 10.7 Å². The number of halogens is 1. The molecule has 0 saturated carbocycles. The second kappa shape index (κ2) is 5.00. The Morgan fingerprint density at radius 3 is 2.86 bits per heavy atom. The van der Waals surface area contributed by atoms with Gasteiger partial charge in [0.25, 0.3) is 0 Å². The molecular weight excluding hydrogens is 242 g/mol. The molecule has 0 aliphatic heterocycles. The van der Waals surface area contributed by atoms with Crippen LogP contribution in [-0.2, 0) is 6.54 Å². The Bertz CT molecular complexity index is 336. The average molecular weight is 256 g/mol. The van der Waals surface area contributed by atoms with E-state index in [4.69, 9.17) is 5.73 Å². The highest BCUT2D eigenvalue weighted by molar-refractivity contribution is 9.10. The molecule has 0 unspecified atom stereocenters. The third-order valence-electron chi connectivity index (χ3n) is 1.93. The van der Waals surface area contributed by atoms with Crippen molar-refractivity contribution >= 4 is 21.9 Å². The van der Waals surface area contributed by atoms with Gasteiger partial charge in [0.2, 0.25) is 0 Å². The number of aliphatic imine (C=N–C) groups is 1. The summed E-state index contributed by atoms with van der Waals surface area (Å²) in [6.45, 7) is 0.766. The van der Waals surface area contributed by atoms with E-state index < -0.39 is 0 Å². The molecule has 4 heteroatoms. The zero-order chi connectivity index (χ0) is 10.6. The third kappa shape index (κ3) is 3.03. The first-order chi connectivity index (χ1) is 6.63. The van der Waals surface area contributed by atoms with Crippen molar-refractivity contribution in [3.05, 3.63) is 34.3 Å². The lowest BCUT2D eigenvalue weighted by atomic mass is 10.2. The lowest BCUT2D eigenvalue weighted by Gasteiger charge is -2.17. The Kier molecular flexibility index (Phi) is 3.95. The Morgan fingerprint density at radius 1 is 1.57 bits per heavy atom. The van der Waals surface area contributed by atoms with Crippen molar-refractivity contribution in [3.63, 3.8) is 0 Å². The summed E-state index contributed by atoms with van der Waals surface area (Å²) in [5, 5.41) is 0. The van der Waals surface area contributed by atoms with E-state index >= 15 is 0 Å². The number of benzene rings is 1. The van der Waals surface area contributed by atoms with E-state index in [9.17, 15) is 0 Å². The smallest absolute Gasteiger partial charge is 0.191 e. The molecule has 0 amide bonds. The molecule has 0 fully saturated rings. The van der Waals surface area contributed by atoms with Gasteiger partial charge in [-0.3, -0.25) is 4.99 Å². The Labute approximate surface area is 92.8 Å². The van der Waals surface area contributed by atoms with E-state index in [1.807, 2.05) is 24.1 Å². The summed E-state index contributed by atoms with van der Waals surface area (Å²) in [5.41, 5.74) is 6.87. The lowest BCUT2D eigenvalue weighted by Crippen LogP contribution is -2.33. The van der Waals surface area contributed by atoms with Gasteiger partial charge in [0.15, 0.2) is 5.96 Å². The molecule has 1 aromatic carbocycles. The molecule has 0 aliphatic rings. The van der Waals surface area contributed by atoms with Crippen molar-refractivity contribution < 1.29 is 0 Å². The van der Waals surface area contributed by atoms with Crippen molar-refractivity contribution in [2.45, 2.75) is 6.54 Å². The maximum atomic E-state index is 5.67. The van der Waals surface area contributed by atoms with E-state index in [0.29, 0.717) is 5.96 Å². The minimum absolute atomic E-state index is 0.546. The van der Waals surface area contributed by atoms with Crippen LogP contribution in [0, 0.1) is 0 Å². The Morgan fingerprint density at radius 2 is 2.29 bits per heavy atom. The number of guanidine groups is 1. The number of nitrogens with two attached hydrogens (primary N) is 1. The molecule has 0 bridgehead atoms. The maximum absolute atomic E-state index is 5.67. The Hall–Kier alpha value is -1.03. The standard InChI is InChI=1S/C10H14BrN3/c1-13-10(12)14(2)7-8-4-3-5-9(11)6-8/h3-6H,7H2,1-2H3,(H2,12,13). The molecule has 0 atom stereocenters. The summed E-state index contributed by atoms with van der Waals surface area (Å²) >= 11 is 3.43. The van der Waals surface area contributed by atoms with Gasteiger partial charge in [-0.1, -0.05) is 28.1 Å². The van der Waals surface area contributed by atoms with Crippen LogP contribution < -0.4 is 5.73 Å². The largest absolute Gasteiger partial charge is 0.370 e. The zero-order valence-electron chi connectivity index (χ0n) is 8.37. The van der Waals surface area contributed by atoms with Gasteiger partial charge >= 0.3 is 0 Å². The SMILES string of the molecule is CN=C(N)N(C)Cc1cccc(Br)c1. The Balaban J connectivity index is 2.69. The minimum Gasteiger partial charge on any atom is -0.370 e. The van der Waals surface area contributed by atoms with Crippen LogP contribution in [0.25, 0.3) is 0 Å². The summed E-state index contributed by atoms with van der Waals surface area (Å²) in [4.78, 5) is 5.82. The van der Waals surface area contributed by atoms with Crippen LogP contribution in [0.3, 0.4) is 0 Å². The van der Waals surface area contributed by atoms with E-state index in [2.05, 4.69) is 33.1 Å². The quantitative estimate of drug-likeness (QED) is 0.647. The van der Waals surface area contributed by atoms with Crippen molar-refractivity contribution in [2.75, 3.05) is 14.1 Å². The van der Waals surface area contributed by atoms with Gasteiger partial charge in [-0.2, -0.15) is 0 Å². The van der Waals surface area contributed by atoms with Crippen LogP contribution in [0.15, 0.2) is 33.7 Å². The molecule has 0 aliphatic carbocycles. The third-order valence-corrected chi connectivity index (χ3v) is 2.42. The number of hydrogen-bond acceptors (Lipinski definition) is 1. The summed E-state index contributed by atoms with van der Waals surface area (Å²) < 4.78 is 1.08. The van der Waals surface area contributed by atoms with Crippen LogP contribution in [0.1, 0.15) is 5.56 Å². The predicted molar refractivity (Wildman–Crippen MR) is 63.2 cm³/mol. The normalized spacial score (nSPS) is 11.5. The van der Waals surface area contributed by atoms with Crippen LogP contribution in [0.4, 0.5) is 0 Å². The second-order valence-electron chi connectivity index (χ2n) is 3.07. The molecule has 0 radical (unpaired) electrons. The highest BCUT2D eigenvalue weighted by Crippen LogP contribution is 2.12. The first kappa shape index (κ1) is 11.0. The van der Waals surface area contributed by atoms with E-state index in [0.717, 1.165) is 11.0 Å². The molecule has 0 heterocycles. The molecule has 3 nitrogen and oxygen atoms in total. The van der Waals surface area contributed by atoms with Gasteiger partial charge in [-0.15, -0.1) is 0 Å². The van der Waals surface area contributed by atoms with E-state index in [1.54, 1.807) is 7.05 Å². The van der Waals surface area contributed by atoms with Crippen molar-refractivity contribution in [1.82, 2.24) is 4.90 Å². The topological polar surface area (TPSA) is 41.6 Å². The highest BCUT2D eigenvalue weighted by Gasteiger charge is 2.01. The van der Waals surface area contributed by atoms with Crippen molar-refractivity contribution in [3.8, 4) is 0 Å². The van der Waals surface area contributed by atoms with E-state index in [-0.39, 0.29) is 0 Å². The van der Waals surface area contributed by atoms with Gasteiger partial charge in [0, 0.05) is 25.1 Å². The molecular formula is C10H14BrN3. The summed E-state index contributed by atoms with van der Waals surface area (Å²) in [6.07, 6.45) is 0. The van der Waals surface area contributed by atoms with Crippen LogP contribution >= 0.6 is 15.9 Å². The molecule has 0 aromatic heterocycles. The molecule has 14 heavy (non-hydrogen) atoms. The molecule has 1 rings (SSSR count). The fourth-order valence-corrected chi connectivity index (χ4v) is 1.61. The summed E-state index contributed by atoms with van der Waals surface area (Å²) in [5.74, 6) is 0.546.